The first-order valence-electron chi connectivity index (χ1n) is 6.84. The smallest absolute Gasteiger partial charge is 0.120 e. The van der Waals surface area contributed by atoms with Crippen LogP contribution in [0.15, 0.2) is 24.3 Å². The van der Waals surface area contributed by atoms with Crippen LogP contribution in [0, 0.1) is 5.92 Å². The van der Waals surface area contributed by atoms with Crippen molar-refractivity contribution in [2.45, 2.75) is 38.2 Å². The van der Waals surface area contributed by atoms with Crippen molar-refractivity contribution in [2.24, 2.45) is 5.92 Å². The van der Waals surface area contributed by atoms with E-state index in [1.807, 2.05) is 24.3 Å². The summed E-state index contributed by atoms with van der Waals surface area (Å²) in [5, 5.41) is 13.3. The molecule has 1 saturated carbocycles. The second-order valence-electron chi connectivity index (χ2n) is 5.15. The van der Waals surface area contributed by atoms with Crippen LogP contribution >= 0.6 is 0 Å². The van der Waals surface area contributed by atoms with E-state index < -0.39 is 0 Å². The van der Waals surface area contributed by atoms with E-state index in [-0.39, 0.29) is 6.10 Å². The van der Waals surface area contributed by atoms with Gasteiger partial charge in [-0.05, 0) is 24.5 Å². The Bertz CT molecular complexity index is 361. The standard InChI is InChI=1S/C15H23NO2/c1-18-15-8-4-7-13(10-15)16-11-14(17)9-12-5-2-3-6-12/h4,7-8,10,12,14,16-17H,2-3,5-6,9,11H2,1H3. The topological polar surface area (TPSA) is 41.5 Å². The molecule has 18 heavy (non-hydrogen) atoms. The van der Waals surface area contributed by atoms with Crippen molar-refractivity contribution < 1.29 is 9.84 Å². The fourth-order valence-electron chi connectivity index (χ4n) is 2.68. The van der Waals surface area contributed by atoms with Crippen LogP contribution in [0.3, 0.4) is 0 Å². The van der Waals surface area contributed by atoms with Gasteiger partial charge in [0.15, 0.2) is 0 Å². The summed E-state index contributed by atoms with van der Waals surface area (Å²) in [4.78, 5) is 0. The van der Waals surface area contributed by atoms with Gasteiger partial charge in [0.05, 0.1) is 13.2 Å². The van der Waals surface area contributed by atoms with Crippen molar-refractivity contribution in [2.75, 3.05) is 19.0 Å². The van der Waals surface area contributed by atoms with E-state index in [9.17, 15) is 5.11 Å². The average molecular weight is 249 g/mol. The van der Waals surface area contributed by atoms with E-state index in [1.54, 1.807) is 7.11 Å². The van der Waals surface area contributed by atoms with Gasteiger partial charge in [-0.15, -0.1) is 0 Å². The number of hydrogen-bond acceptors (Lipinski definition) is 3. The maximum atomic E-state index is 10.0. The van der Waals surface area contributed by atoms with Gasteiger partial charge >= 0.3 is 0 Å². The third-order valence-corrected chi connectivity index (χ3v) is 3.69. The number of benzene rings is 1. The Morgan fingerprint density at radius 3 is 2.89 bits per heavy atom. The lowest BCUT2D eigenvalue weighted by atomic mass is 10.00. The zero-order valence-electron chi connectivity index (χ0n) is 11.1. The highest BCUT2D eigenvalue weighted by atomic mass is 16.5. The molecule has 3 heteroatoms. The number of hydrogen-bond donors (Lipinski definition) is 2. The predicted molar refractivity (Wildman–Crippen MR) is 74.1 cm³/mol. The first-order valence-corrected chi connectivity index (χ1v) is 6.84. The van der Waals surface area contributed by atoms with Gasteiger partial charge in [-0.2, -0.15) is 0 Å². The molecular formula is C15H23NO2. The maximum Gasteiger partial charge on any atom is 0.120 e. The van der Waals surface area contributed by atoms with Crippen LogP contribution in [0.2, 0.25) is 0 Å². The number of aliphatic hydroxyl groups excluding tert-OH is 1. The highest BCUT2D eigenvalue weighted by Gasteiger charge is 2.18. The summed E-state index contributed by atoms with van der Waals surface area (Å²) in [6.07, 6.45) is 5.92. The number of rotatable bonds is 6. The van der Waals surface area contributed by atoms with Gasteiger partial charge in [0.1, 0.15) is 5.75 Å². The molecule has 3 nitrogen and oxygen atoms in total. The average Bonchev–Trinajstić information content (AvgIpc) is 2.89. The minimum absolute atomic E-state index is 0.251. The predicted octanol–water partition coefficient (Wildman–Crippen LogP) is 3.05. The van der Waals surface area contributed by atoms with Gasteiger partial charge in [-0.1, -0.05) is 31.7 Å². The van der Waals surface area contributed by atoms with Crippen LogP contribution in [0.25, 0.3) is 0 Å². The molecule has 1 aliphatic carbocycles. The zero-order valence-corrected chi connectivity index (χ0v) is 11.1. The molecular weight excluding hydrogens is 226 g/mol. The quantitative estimate of drug-likeness (QED) is 0.814. The zero-order chi connectivity index (χ0) is 12.8. The first kappa shape index (κ1) is 13.2. The fourth-order valence-corrected chi connectivity index (χ4v) is 2.68. The van der Waals surface area contributed by atoms with Crippen molar-refractivity contribution in [3.63, 3.8) is 0 Å². The molecule has 2 rings (SSSR count). The van der Waals surface area contributed by atoms with Gasteiger partial charge in [0.25, 0.3) is 0 Å². The van der Waals surface area contributed by atoms with E-state index in [4.69, 9.17) is 4.74 Å². The van der Waals surface area contributed by atoms with Crippen LogP contribution in [0.4, 0.5) is 5.69 Å². The molecule has 0 spiro atoms. The normalized spacial score (nSPS) is 17.7. The highest BCUT2D eigenvalue weighted by Crippen LogP contribution is 2.28. The molecule has 0 amide bonds. The van der Waals surface area contributed by atoms with Gasteiger partial charge < -0.3 is 15.2 Å². The second-order valence-corrected chi connectivity index (χ2v) is 5.15. The third-order valence-electron chi connectivity index (χ3n) is 3.69. The van der Waals surface area contributed by atoms with Crippen LogP contribution in [0.1, 0.15) is 32.1 Å². The number of aliphatic hydroxyl groups is 1. The lowest BCUT2D eigenvalue weighted by Gasteiger charge is -2.16. The third kappa shape index (κ3) is 3.91. The lowest BCUT2D eigenvalue weighted by Crippen LogP contribution is -2.21. The van der Waals surface area contributed by atoms with Crippen molar-refractivity contribution in [1.82, 2.24) is 0 Å². The van der Waals surface area contributed by atoms with Crippen LogP contribution in [-0.2, 0) is 0 Å². The Hall–Kier alpha value is -1.22. The molecule has 1 atom stereocenters. The largest absolute Gasteiger partial charge is 0.497 e. The number of anilines is 1. The molecule has 0 aromatic heterocycles. The molecule has 1 aliphatic rings. The molecule has 0 saturated heterocycles. The van der Waals surface area contributed by atoms with Gasteiger partial charge in [-0.3, -0.25) is 0 Å². The Morgan fingerprint density at radius 2 is 2.17 bits per heavy atom. The lowest BCUT2D eigenvalue weighted by molar-refractivity contribution is 0.155. The maximum absolute atomic E-state index is 10.0. The van der Waals surface area contributed by atoms with Crippen molar-refractivity contribution >= 4 is 5.69 Å². The molecule has 0 radical (unpaired) electrons. The fraction of sp³-hybridized carbons (Fsp3) is 0.600. The molecule has 0 aliphatic heterocycles. The summed E-state index contributed by atoms with van der Waals surface area (Å²) in [5.41, 5.74) is 1.000. The van der Waals surface area contributed by atoms with Gasteiger partial charge in [0.2, 0.25) is 0 Å². The summed E-state index contributed by atoms with van der Waals surface area (Å²) in [6, 6.07) is 7.80. The Morgan fingerprint density at radius 1 is 1.39 bits per heavy atom. The van der Waals surface area contributed by atoms with E-state index in [1.165, 1.54) is 25.7 Å². The Kier molecular flexibility index (Phi) is 4.88. The summed E-state index contributed by atoms with van der Waals surface area (Å²) in [7, 11) is 1.66. The molecule has 1 aromatic rings. The molecule has 1 fully saturated rings. The summed E-state index contributed by atoms with van der Waals surface area (Å²) >= 11 is 0. The molecule has 0 heterocycles. The Labute approximate surface area is 109 Å². The van der Waals surface area contributed by atoms with Crippen LogP contribution < -0.4 is 10.1 Å². The van der Waals surface area contributed by atoms with Crippen LogP contribution in [-0.4, -0.2) is 24.9 Å². The minimum atomic E-state index is -0.251. The highest BCUT2D eigenvalue weighted by molar-refractivity contribution is 5.48. The van der Waals surface area contributed by atoms with E-state index in [2.05, 4.69) is 5.32 Å². The molecule has 0 bridgehead atoms. The van der Waals surface area contributed by atoms with Crippen molar-refractivity contribution in [1.29, 1.82) is 0 Å². The monoisotopic (exact) mass is 249 g/mol. The minimum Gasteiger partial charge on any atom is -0.497 e. The van der Waals surface area contributed by atoms with Crippen LogP contribution in [0.5, 0.6) is 5.75 Å². The van der Waals surface area contributed by atoms with E-state index >= 15 is 0 Å². The number of ether oxygens (including phenoxy) is 1. The van der Waals surface area contributed by atoms with E-state index in [0.29, 0.717) is 6.54 Å². The summed E-state index contributed by atoms with van der Waals surface area (Å²) in [6.45, 7) is 0.615. The summed E-state index contributed by atoms with van der Waals surface area (Å²) < 4.78 is 5.17. The van der Waals surface area contributed by atoms with Crippen molar-refractivity contribution in [3.8, 4) is 5.75 Å². The SMILES string of the molecule is COc1cccc(NCC(O)CC2CCCC2)c1. The molecule has 100 valence electrons. The number of nitrogens with one attached hydrogen (secondary N) is 1. The summed E-state index contributed by atoms with van der Waals surface area (Å²) in [5.74, 6) is 1.57. The van der Waals surface area contributed by atoms with Gasteiger partial charge in [-0.25, -0.2) is 0 Å². The van der Waals surface area contributed by atoms with E-state index in [0.717, 1.165) is 23.8 Å². The first-order chi connectivity index (χ1) is 8.78. The number of methoxy groups -OCH3 is 1. The second kappa shape index (κ2) is 6.64. The van der Waals surface area contributed by atoms with Gasteiger partial charge in [0, 0.05) is 18.3 Å². The molecule has 1 unspecified atom stereocenters. The van der Waals surface area contributed by atoms with Crippen molar-refractivity contribution in [3.05, 3.63) is 24.3 Å². The molecule has 2 N–H and O–H groups in total. The Balaban J connectivity index is 1.75. The molecule has 1 aromatic carbocycles.